The summed E-state index contributed by atoms with van der Waals surface area (Å²) in [4.78, 5) is 28.4. The first-order chi connectivity index (χ1) is 16.4. The van der Waals surface area contributed by atoms with Crippen LogP contribution in [0.5, 0.6) is 0 Å². The molecular formula is C28H43N3O3. The first kappa shape index (κ1) is 25.0. The highest BCUT2D eigenvalue weighted by molar-refractivity contribution is 5.73. The Balaban J connectivity index is 1.24. The van der Waals surface area contributed by atoms with E-state index in [0.29, 0.717) is 18.4 Å². The molecule has 1 atom stereocenters. The molecule has 4 rings (SSSR count). The van der Waals surface area contributed by atoms with Gasteiger partial charge in [-0.1, -0.05) is 38.1 Å². The van der Waals surface area contributed by atoms with Gasteiger partial charge in [-0.05, 0) is 93.0 Å². The van der Waals surface area contributed by atoms with Crippen LogP contribution >= 0.6 is 0 Å². The molecule has 188 valence electrons. The van der Waals surface area contributed by atoms with E-state index < -0.39 is 0 Å². The lowest BCUT2D eigenvalue weighted by Crippen LogP contribution is -2.46. The molecule has 34 heavy (non-hydrogen) atoms. The quantitative estimate of drug-likeness (QED) is 0.645. The van der Waals surface area contributed by atoms with Crippen molar-refractivity contribution in [3.63, 3.8) is 0 Å². The molecule has 1 N–H and O–H groups in total. The van der Waals surface area contributed by atoms with Gasteiger partial charge in [0.15, 0.2) is 0 Å². The van der Waals surface area contributed by atoms with Crippen LogP contribution in [-0.2, 0) is 14.9 Å². The molecule has 1 aliphatic carbocycles. The molecule has 0 aromatic heterocycles. The molecule has 0 radical (unpaired) electrons. The number of likely N-dealkylation sites (tertiary alicyclic amines) is 2. The van der Waals surface area contributed by atoms with E-state index in [0.717, 1.165) is 58.4 Å². The highest BCUT2D eigenvalue weighted by atomic mass is 16.6. The molecule has 0 bridgehead atoms. The van der Waals surface area contributed by atoms with Crippen molar-refractivity contribution in [1.29, 1.82) is 0 Å². The molecule has 2 heterocycles. The third-order valence-corrected chi connectivity index (χ3v) is 8.28. The minimum Gasteiger partial charge on any atom is -0.449 e. The number of amides is 2. The Morgan fingerprint density at radius 2 is 1.76 bits per heavy atom. The molecule has 2 aliphatic heterocycles. The van der Waals surface area contributed by atoms with Gasteiger partial charge in [0.25, 0.3) is 0 Å². The largest absolute Gasteiger partial charge is 0.449 e. The molecule has 1 aromatic carbocycles. The zero-order valence-corrected chi connectivity index (χ0v) is 21.4. The zero-order chi connectivity index (χ0) is 24.1. The monoisotopic (exact) mass is 469 g/mol. The summed E-state index contributed by atoms with van der Waals surface area (Å²) in [6, 6.07) is 8.95. The SMILES string of the molecule is CC(=O)NC1CCC2(CCN(CCC3CCN(C(=O)OCC(C)C)CC3)CC2)c2ccccc21. The Hall–Kier alpha value is -2.08. The maximum Gasteiger partial charge on any atom is 0.409 e. The van der Waals surface area contributed by atoms with Gasteiger partial charge in [-0.2, -0.15) is 0 Å². The topological polar surface area (TPSA) is 61.9 Å². The van der Waals surface area contributed by atoms with Crippen LogP contribution in [-0.4, -0.2) is 61.1 Å². The van der Waals surface area contributed by atoms with Crippen LogP contribution in [0, 0.1) is 11.8 Å². The van der Waals surface area contributed by atoms with Gasteiger partial charge in [-0.3, -0.25) is 4.79 Å². The Morgan fingerprint density at radius 1 is 1.06 bits per heavy atom. The maximum atomic E-state index is 12.2. The molecule has 1 unspecified atom stereocenters. The summed E-state index contributed by atoms with van der Waals surface area (Å²) in [5, 5.41) is 3.17. The number of ether oxygens (including phenoxy) is 1. The third kappa shape index (κ3) is 5.94. The molecule has 1 spiro atoms. The smallest absolute Gasteiger partial charge is 0.409 e. The number of nitrogens with one attached hydrogen (secondary N) is 1. The van der Waals surface area contributed by atoms with E-state index in [9.17, 15) is 9.59 Å². The van der Waals surface area contributed by atoms with Gasteiger partial charge in [0.05, 0.1) is 12.6 Å². The van der Waals surface area contributed by atoms with Crippen LogP contribution in [0.4, 0.5) is 4.79 Å². The summed E-state index contributed by atoms with van der Waals surface area (Å²) in [6.07, 6.45) is 7.88. The second kappa shape index (κ2) is 11.1. The summed E-state index contributed by atoms with van der Waals surface area (Å²) < 4.78 is 5.40. The Morgan fingerprint density at radius 3 is 2.44 bits per heavy atom. The highest BCUT2D eigenvalue weighted by Gasteiger charge is 2.42. The number of carbonyl (C=O) groups is 2. The first-order valence-electron chi connectivity index (χ1n) is 13.4. The van der Waals surface area contributed by atoms with Crippen molar-refractivity contribution in [2.24, 2.45) is 11.8 Å². The van der Waals surface area contributed by atoms with E-state index in [2.05, 4.69) is 48.3 Å². The molecule has 0 saturated carbocycles. The van der Waals surface area contributed by atoms with E-state index >= 15 is 0 Å². The van der Waals surface area contributed by atoms with Gasteiger partial charge >= 0.3 is 6.09 Å². The molecular weight excluding hydrogens is 426 g/mol. The average molecular weight is 470 g/mol. The lowest BCUT2D eigenvalue weighted by Gasteiger charge is -2.47. The predicted octanol–water partition coefficient (Wildman–Crippen LogP) is 4.89. The number of nitrogens with zero attached hydrogens (tertiary/aromatic N) is 2. The third-order valence-electron chi connectivity index (χ3n) is 8.28. The van der Waals surface area contributed by atoms with Gasteiger partial charge in [-0.25, -0.2) is 4.79 Å². The number of piperidine rings is 2. The van der Waals surface area contributed by atoms with Crippen LogP contribution < -0.4 is 5.32 Å². The molecule has 1 aromatic rings. The summed E-state index contributed by atoms with van der Waals surface area (Å²) in [7, 11) is 0. The summed E-state index contributed by atoms with van der Waals surface area (Å²) in [5.41, 5.74) is 3.07. The molecule has 2 fully saturated rings. The number of hydrogen-bond donors (Lipinski definition) is 1. The number of fused-ring (bicyclic) bond motifs is 2. The van der Waals surface area contributed by atoms with Crippen LogP contribution in [0.15, 0.2) is 24.3 Å². The second-order valence-corrected chi connectivity index (χ2v) is 11.2. The van der Waals surface area contributed by atoms with Crippen LogP contribution in [0.25, 0.3) is 0 Å². The second-order valence-electron chi connectivity index (χ2n) is 11.2. The van der Waals surface area contributed by atoms with Crippen molar-refractivity contribution in [2.45, 2.75) is 77.2 Å². The van der Waals surface area contributed by atoms with Crippen molar-refractivity contribution in [2.75, 3.05) is 39.3 Å². The van der Waals surface area contributed by atoms with Gasteiger partial charge in [0, 0.05) is 20.0 Å². The number of benzene rings is 1. The normalized spacial score (nSPS) is 23.1. The summed E-state index contributed by atoms with van der Waals surface area (Å²) in [6.45, 7) is 11.4. The summed E-state index contributed by atoms with van der Waals surface area (Å²) >= 11 is 0. The fourth-order valence-electron chi connectivity index (χ4n) is 6.21. The van der Waals surface area contributed by atoms with Crippen molar-refractivity contribution < 1.29 is 14.3 Å². The van der Waals surface area contributed by atoms with Crippen molar-refractivity contribution >= 4 is 12.0 Å². The predicted molar refractivity (Wildman–Crippen MR) is 135 cm³/mol. The van der Waals surface area contributed by atoms with E-state index in [1.54, 1.807) is 6.92 Å². The van der Waals surface area contributed by atoms with Gasteiger partial charge in [0.1, 0.15) is 0 Å². The number of rotatable bonds is 6. The Bertz CT molecular complexity index is 839. The van der Waals surface area contributed by atoms with E-state index in [-0.39, 0.29) is 23.5 Å². The molecule has 3 aliphatic rings. The van der Waals surface area contributed by atoms with Crippen LogP contribution in [0.1, 0.15) is 82.9 Å². The first-order valence-corrected chi connectivity index (χ1v) is 13.4. The maximum absolute atomic E-state index is 12.2. The number of hydrogen-bond acceptors (Lipinski definition) is 4. The van der Waals surface area contributed by atoms with Crippen LogP contribution in [0.2, 0.25) is 0 Å². The number of carbonyl (C=O) groups excluding carboxylic acids is 2. The van der Waals surface area contributed by atoms with Crippen molar-refractivity contribution in [3.8, 4) is 0 Å². The highest BCUT2D eigenvalue weighted by Crippen LogP contribution is 2.48. The summed E-state index contributed by atoms with van der Waals surface area (Å²) in [5.74, 6) is 1.15. The minimum atomic E-state index is -0.137. The fourth-order valence-corrected chi connectivity index (χ4v) is 6.21. The lowest BCUT2D eigenvalue weighted by atomic mass is 9.63. The Labute approximate surface area is 205 Å². The van der Waals surface area contributed by atoms with E-state index in [1.165, 1.54) is 30.4 Å². The zero-order valence-electron chi connectivity index (χ0n) is 21.4. The molecule has 2 saturated heterocycles. The molecule has 2 amide bonds. The minimum absolute atomic E-state index is 0.0591. The van der Waals surface area contributed by atoms with E-state index in [1.807, 2.05) is 4.90 Å². The van der Waals surface area contributed by atoms with E-state index in [4.69, 9.17) is 4.74 Å². The van der Waals surface area contributed by atoms with Crippen LogP contribution in [0.3, 0.4) is 0 Å². The lowest BCUT2D eigenvalue weighted by molar-refractivity contribution is -0.119. The molecule has 6 nitrogen and oxygen atoms in total. The Kier molecular flexibility index (Phi) is 8.18. The van der Waals surface area contributed by atoms with Crippen molar-refractivity contribution in [1.82, 2.24) is 15.1 Å². The van der Waals surface area contributed by atoms with Crippen molar-refractivity contribution in [3.05, 3.63) is 35.4 Å². The van der Waals surface area contributed by atoms with Gasteiger partial charge < -0.3 is 19.9 Å². The fraction of sp³-hybridized carbons (Fsp3) is 0.714. The standard InChI is InChI=1S/C28H43N3O3/c1-21(2)20-34-27(33)31-16-10-23(11-17-31)9-15-30-18-13-28(14-19-30)12-8-26(29-22(3)32)24-6-4-5-7-25(24)28/h4-7,21,23,26H,8-20H2,1-3H3,(H,29,32). The average Bonchev–Trinajstić information content (AvgIpc) is 2.84. The van der Waals surface area contributed by atoms with Gasteiger partial charge in [-0.15, -0.1) is 0 Å². The molecule has 6 heteroatoms. The van der Waals surface area contributed by atoms with Gasteiger partial charge in [0.2, 0.25) is 5.91 Å².